The topological polar surface area (TPSA) is 0 Å². The number of hydrogen-bond acceptors (Lipinski definition) is 0. The summed E-state index contributed by atoms with van der Waals surface area (Å²) in [6.07, 6.45) is 0. The number of rotatable bonds is 2. The first kappa shape index (κ1) is 17.3. The van der Waals surface area contributed by atoms with Crippen molar-refractivity contribution in [3.8, 4) is 0 Å². The number of benzene rings is 2. The molecule has 20 heavy (non-hydrogen) atoms. The summed E-state index contributed by atoms with van der Waals surface area (Å²) in [5.41, 5.74) is 8.43. The normalized spacial score (nSPS) is 10.1. The summed E-state index contributed by atoms with van der Waals surface area (Å²) in [5.74, 6) is 0. The smallest absolute Gasteiger partial charge is 0.395 e. The van der Waals surface area contributed by atoms with Crippen molar-refractivity contribution < 1.29 is 18.9 Å². The van der Waals surface area contributed by atoms with Gasteiger partial charge in [0.05, 0.1) is 0 Å². The molecule has 0 N–H and O–H groups in total. The summed E-state index contributed by atoms with van der Waals surface area (Å²) in [6, 6.07) is 9.20. The molecule has 0 amide bonds. The maximum Gasteiger partial charge on any atom is 1.00 e. The van der Waals surface area contributed by atoms with Crippen LogP contribution in [0.2, 0.25) is 0 Å². The van der Waals surface area contributed by atoms with Crippen molar-refractivity contribution in [1.29, 1.82) is 0 Å². The molecule has 2 aromatic carbocycles. The monoisotopic (exact) mass is 273 g/mol. The molecule has 2 aromatic rings. The molecule has 0 saturated carbocycles. The Kier molecular flexibility index (Phi) is 5.89. The first-order valence-electron chi connectivity index (χ1n) is 6.81. The van der Waals surface area contributed by atoms with Gasteiger partial charge in [-0.2, -0.15) is 0 Å². The quantitative estimate of drug-likeness (QED) is 0.686. The first-order chi connectivity index (χ1) is 8.88. The molecule has 0 atom stereocenters. The molecule has 0 aliphatic rings. The van der Waals surface area contributed by atoms with Crippen LogP contribution in [0.3, 0.4) is 0 Å². The van der Waals surface area contributed by atoms with Crippen molar-refractivity contribution >= 4 is 19.9 Å². The van der Waals surface area contributed by atoms with Gasteiger partial charge in [0.2, 0.25) is 0 Å². The zero-order chi connectivity index (χ0) is 14.2. The Morgan fingerprint density at radius 2 is 0.800 bits per heavy atom. The van der Waals surface area contributed by atoms with Gasteiger partial charge < -0.3 is 9.52 Å². The zero-order valence-corrected chi connectivity index (χ0v) is 14.8. The molecule has 0 aliphatic heterocycles. The van der Waals surface area contributed by atoms with Gasteiger partial charge >= 0.3 is 18.9 Å². The van der Waals surface area contributed by atoms with E-state index in [0.717, 1.165) is 9.52 Å². The SMILES string of the molecule is Cc1cc(C)c([Si-]c2c(C)cc(C)cc2C)c(C)c1.[Li+]. The van der Waals surface area contributed by atoms with E-state index in [9.17, 15) is 0 Å². The predicted molar refractivity (Wildman–Crippen MR) is 86.3 cm³/mol. The van der Waals surface area contributed by atoms with E-state index < -0.39 is 0 Å². The maximum atomic E-state index is 2.30. The minimum atomic E-state index is 0. The van der Waals surface area contributed by atoms with E-state index in [1.807, 2.05) is 0 Å². The van der Waals surface area contributed by atoms with Crippen LogP contribution < -0.4 is 29.2 Å². The second-order valence-corrected chi connectivity index (χ2v) is 6.92. The van der Waals surface area contributed by atoms with Crippen molar-refractivity contribution in [3.05, 3.63) is 57.6 Å². The van der Waals surface area contributed by atoms with Gasteiger partial charge in [-0.05, 0) is 41.5 Å². The van der Waals surface area contributed by atoms with Gasteiger partial charge in [0.1, 0.15) is 0 Å². The van der Waals surface area contributed by atoms with Gasteiger partial charge in [0.25, 0.3) is 0 Å². The Bertz CT molecular complexity index is 528. The first-order valence-corrected chi connectivity index (χ1v) is 7.81. The molecule has 0 bridgehead atoms. The Balaban J connectivity index is 0.00000200. The third-order valence-electron chi connectivity index (χ3n) is 3.60. The molecule has 0 heterocycles. The number of hydrogen-bond donors (Lipinski definition) is 0. The van der Waals surface area contributed by atoms with Gasteiger partial charge in [-0.3, -0.25) is 0 Å². The van der Waals surface area contributed by atoms with E-state index in [2.05, 4.69) is 65.8 Å². The van der Waals surface area contributed by atoms with Crippen LogP contribution in [-0.4, -0.2) is 9.52 Å². The van der Waals surface area contributed by atoms with Crippen LogP contribution >= 0.6 is 0 Å². The Labute approximate surface area is 138 Å². The van der Waals surface area contributed by atoms with E-state index in [1.165, 1.54) is 43.8 Å². The fourth-order valence-corrected chi connectivity index (χ4v) is 4.21. The van der Waals surface area contributed by atoms with Crippen LogP contribution in [0.1, 0.15) is 33.4 Å². The Morgan fingerprint density at radius 3 is 1.05 bits per heavy atom. The molecule has 0 spiro atoms. The van der Waals surface area contributed by atoms with Crippen molar-refractivity contribution in [2.75, 3.05) is 0 Å². The van der Waals surface area contributed by atoms with Crippen LogP contribution in [0, 0.1) is 41.5 Å². The summed E-state index contributed by atoms with van der Waals surface area (Å²) in [6.45, 7) is 13.3. The third-order valence-corrected chi connectivity index (χ3v) is 5.68. The molecular weight excluding hydrogens is 251 g/mol. The summed E-state index contributed by atoms with van der Waals surface area (Å²) < 4.78 is 0. The fraction of sp³-hybridized carbons (Fsp3) is 0.333. The zero-order valence-electron chi connectivity index (χ0n) is 13.8. The molecule has 99 valence electrons. The van der Waals surface area contributed by atoms with Crippen molar-refractivity contribution in [2.24, 2.45) is 0 Å². The molecule has 0 saturated heterocycles. The molecule has 0 aromatic heterocycles. The summed E-state index contributed by atoms with van der Waals surface area (Å²) in [7, 11) is 0.765. The molecule has 0 aliphatic carbocycles. The molecule has 2 heteroatoms. The van der Waals surface area contributed by atoms with Crippen LogP contribution in [0.4, 0.5) is 0 Å². The minimum absolute atomic E-state index is 0. The summed E-state index contributed by atoms with van der Waals surface area (Å²) >= 11 is 0. The van der Waals surface area contributed by atoms with Gasteiger partial charge in [0, 0.05) is 0 Å². The van der Waals surface area contributed by atoms with Gasteiger partial charge in [-0.25, -0.2) is 10.4 Å². The van der Waals surface area contributed by atoms with Crippen LogP contribution in [0.15, 0.2) is 24.3 Å². The maximum absolute atomic E-state index is 2.30. The van der Waals surface area contributed by atoms with E-state index in [0.29, 0.717) is 0 Å². The van der Waals surface area contributed by atoms with E-state index in [1.54, 1.807) is 0 Å². The second kappa shape index (κ2) is 6.81. The van der Waals surface area contributed by atoms with Crippen molar-refractivity contribution in [1.82, 2.24) is 0 Å². The van der Waals surface area contributed by atoms with Gasteiger partial charge in [-0.15, -0.1) is 0 Å². The molecular formula is C18H22LiSi. The largest absolute Gasteiger partial charge is 1.00 e. The van der Waals surface area contributed by atoms with E-state index >= 15 is 0 Å². The van der Waals surface area contributed by atoms with Gasteiger partial charge in [-0.1, -0.05) is 57.6 Å². The fourth-order valence-electron chi connectivity index (χ4n) is 2.88. The van der Waals surface area contributed by atoms with Crippen molar-refractivity contribution in [3.63, 3.8) is 0 Å². The summed E-state index contributed by atoms with van der Waals surface area (Å²) in [4.78, 5) is 0. The molecule has 1 radical (unpaired) electrons. The predicted octanol–water partition coefficient (Wildman–Crippen LogP) is 0.196. The Hall–Kier alpha value is -0.746. The second-order valence-electron chi connectivity index (χ2n) is 5.67. The van der Waals surface area contributed by atoms with Crippen LogP contribution in [0.5, 0.6) is 0 Å². The standard InChI is InChI=1S/C18H22Si.Li/c1-11-7-13(3)17(14(4)8-11)19-18-15(5)9-12(2)10-16(18)6;/h7-10H,1-6H3;/q-1;+1. The molecule has 0 nitrogen and oxygen atoms in total. The molecule has 0 unspecified atom stereocenters. The van der Waals surface area contributed by atoms with Gasteiger partial charge in [0.15, 0.2) is 0 Å². The minimum Gasteiger partial charge on any atom is -0.395 e. The van der Waals surface area contributed by atoms with Crippen LogP contribution in [0.25, 0.3) is 0 Å². The third kappa shape index (κ3) is 3.67. The van der Waals surface area contributed by atoms with Crippen molar-refractivity contribution in [2.45, 2.75) is 41.5 Å². The molecule has 2 rings (SSSR count). The average Bonchev–Trinajstić information content (AvgIpc) is 2.25. The molecule has 0 fully saturated rings. The number of aryl methyl sites for hydroxylation is 6. The summed E-state index contributed by atoms with van der Waals surface area (Å²) in [5, 5.41) is 3.03. The van der Waals surface area contributed by atoms with Crippen LogP contribution in [-0.2, 0) is 0 Å². The Morgan fingerprint density at radius 1 is 0.550 bits per heavy atom. The van der Waals surface area contributed by atoms with E-state index in [4.69, 9.17) is 0 Å². The van der Waals surface area contributed by atoms with E-state index in [-0.39, 0.29) is 18.9 Å². The average molecular weight is 273 g/mol.